The van der Waals surface area contributed by atoms with Gasteiger partial charge in [0.25, 0.3) is 5.91 Å². The summed E-state index contributed by atoms with van der Waals surface area (Å²) in [5.74, 6) is -0.522. The van der Waals surface area contributed by atoms with E-state index >= 15 is 0 Å². The number of benzene rings is 3. The second-order valence-electron chi connectivity index (χ2n) is 12.6. The highest BCUT2D eigenvalue weighted by Gasteiger charge is 2.60. The third-order valence-corrected chi connectivity index (χ3v) is 12.0. The standard InChI is InChI=1S/C33H33Cl2FN6O4S/c1-41-38-29(37-40-41)18-28-32(43)42(30(21-11-13-23(34)14-12-21)31(46-28)22-5-4-6-24(35)17-22)27(20-9-10-20)19-33(15-16-33)47(44,45)39-26-8-3-2-7-25(26)36/h2-8,11-14,17,20,27-28,30-31,39H,9-10,15-16,18-19H2,1H3/t27-,28+,30+,31+/m0/s1. The molecule has 0 bridgehead atoms. The van der Waals surface area contributed by atoms with Gasteiger partial charge in [-0.1, -0.05) is 59.6 Å². The summed E-state index contributed by atoms with van der Waals surface area (Å²) in [5.41, 5.74) is 1.45. The van der Waals surface area contributed by atoms with Crippen LogP contribution in [0, 0.1) is 11.7 Å². The first-order chi connectivity index (χ1) is 22.5. The minimum absolute atomic E-state index is 0.0725. The smallest absolute Gasteiger partial charge is 0.253 e. The Balaban J connectivity index is 1.31. The molecule has 10 nitrogen and oxygen atoms in total. The summed E-state index contributed by atoms with van der Waals surface area (Å²) in [6.07, 6.45) is 1.10. The Morgan fingerprint density at radius 2 is 1.77 bits per heavy atom. The molecule has 2 aliphatic carbocycles. The number of nitrogens with zero attached hydrogens (tertiary/aromatic N) is 5. The molecule has 3 aromatic carbocycles. The van der Waals surface area contributed by atoms with E-state index in [0.29, 0.717) is 28.7 Å². The molecule has 7 rings (SSSR count). The lowest BCUT2D eigenvalue weighted by Gasteiger charge is -2.49. The number of rotatable bonds is 11. The molecule has 1 aromatic heterocycles. The molecular formula is C33H33Cl2FN6O4S. The van der Waals surface area contributed by atoms with E-state index in [4.69, 9.17) is 27.9 Å². The van der Waals surface area contributed by atoms with Crippen LogP contribution in [0.15, 0.2) is 72.8 Å². The molecule has 1 amide bonds. The molecule has 0 spiro atoms. The van der Waals surface area contributed by atoms with Gasteiger partial charge in [-0.3, -0.25) is 9.52 Å². The maximum Gasteiger partial charge on any atom is 0.253 e. The van der Waals surface area contributed by atoms with E-state index < -0.39 is 44.9 Å². The van der Waals surface area contributed by atoms with Gasteiger partial charge in [0.1, 0.15) is 18.0 Å². The number of para-hydroxylation sites is 1. The van der Waals surface area contributed by atoms with Crippen LogP contribution in [0.5, 0.6) is 0 Å². The molecule has 246 valence electrons. The molecule has 1 saturated heterocycles. The lowest BCUT2D eigenvalue weighted by molar-refractivity contribution is -0.180. The third-order valence-electron chi connectivity index (χ3n) is 9.33. The fourth-order valence-corrected chi connectivity index (χ4v) is 8.67. The SMILES string of the molecule is Cn1nnc(C[C@H]2O[C@H](c3cccc(Cl)c3)[C@@H](c3ccc(Cl)cc3)N([C@@H](CC3(S(=O)(=O)Nc4ccccc4F)CC3)C3CC3)C2=O)n1. The molecule has 14 heteroatoms. The second kappa shape index (κ2) is 12.5. The van der Waals surface area contributed by atoms with Crippen molar-refractivity contribution in [1.29, 1.82) is 0 Å². The van der Waals surface area contributed by atoms with Gasteiger partial charge in [-0.2, -0.15) is 4.80 Å². The zero-order chi connectivity index (χ0) is 32.9. The summed E-state index contributed by atoms with van der Waals surface area (Å²) >= 11 is 12.8. The molecule has 47 heavy (non-hydrogen) atoms. The predicted octanol–water partition coefficient (Wildman–Crippen LogP) is 6.05. The van der Waals surface area contributed by atoms with Crippen LogP contribution in [0.25, 0.3) is 0 Å². The zero-order valence-electron chi connectivity index (χ0n) is 25.5. The molecule has 0 unspecified atom stereocenters. The number of aryl methyl sites for hydroxylation is 1. The molecule has 2 heterocycles. The van der Waals surface area contributed by atoms with Crippen molar-refractivity contribution in [2.24, 2.45) is 13.0 Å². The average Bonchev–Trinajstić information content (AvgIpc) is 3.97. The highest BCUT2D eigenvalue weighted by molar-refractivity contribution is 7.94. The van der Waals surface area contributed by atoms with E-state index in [1.54, 1.807) is 31.3 Å². The highest BCUT2D eigenvalue weighted by Crippen LogP contribution is 2.55. The Hall–Kier alpha value is -3.58. The number of tetrazole rings is 1. The normalized spacial score (nSPS) is 23.0. The first-order valence-electron chi connectivity index (χ1n) is 15.5. The number of aromatic nitrogens is 4. The molecule has 0 radical (unpaired) electrons. The van der Waals surface area contributed by atoms with Gasteiger partial charge in [0.2, 0.25) is 10.0 Å². The van der Waals surface area contributed by atoms with Crippen LogP contribution in [0.3, 0.4) is 0 Å². The van der Waals surface area contributed by atoms with Crippen molar-refractivity contribution in [3.63, 3.8) is 0 Å². The Kier molecular flexibility index (Phi) is 8.48. The predicted molar refractivity (Wildman–Crippen MR) is 175 cm³/mol. The maximum atomic E-state index is 14.7. The Bertz CT molecular complexity index is 1900. The summed E-state index contributed by atoms with van der Waals surface area (Å²) in [6.45, 7) is 0. The largest absolute Gasteiger partial charge is 0.357 e. The number of carbonyl (C=O) groups excluding carboxylic acids is 1. The van der Waals surface area contributed by atoms with Crippen LogP contribution in [0.2, 0.25) is 10.0 Å². The summed E-state index contributed by atoms with van der Waals surface area (Å²) in [6, 6.07) is 19.2. The van der Waals surface area contributed by atoms with Crippen LogP contribution in [0.4, 0.5) is 10.1 Å². The minimum atomic E-state index is -4.02. The lowest BCUT2D eigenvalue weighted by atomic mass is 9.88. The quantitative estimate of drug-likeness (QED) is 0.203. The van der Waals surface area contributed by atoms with Gasteiger partial charge >= 0.3 is 0 Å². The van der Waals surface area contributed by atoms with Crippen LogP contribution in [-0.2, 0) is 33.0 Å². The van der Waals surface area contributed by atoms with Gasteiger partial charge in [0.15, 0.2) is 5.82 Å². The first-order valence-corrected chi connectivity index (χ1v) is 17.8. The van der Waals surface area contributed by atoms with Crippen molar-refractivity contribution in [1.82, 2.24) is 25.1 Å². The van der Waals surface area contributed by atoms with E-state index in [1.807, 2.05) is 35.2 Å². The third kappa shape index (κ3) is 6.48. The minimum Gasteiger partial charge on any atom is -0.357 e. The number of ether oxygens (including phenoxy) is 1. The van der Waals surface area contributed by atoms with Crippen molar-refractivity contribution >= 4 is 44.8 Å². The monoisotopic (exact) mass is 698 g/mol. The van der Waals surface area contributed by atoms with E-state index in [-0.39, 0.29) is 30.4 Å². The number of hydrogen-bond donors (Lipinski definition) is 1. The Labute approximate surface area is 282 Å². The molecule has 1 N–H and O–H groups in total. The Morgan fingerprint density at radius 1 is 1.02 bits per heavy atom. The van der Waals surface area contributed by atoms with Gasteiger partial charge in [-0.25, -0.2) is 12.8 Å². The van der Waals surface area contributed by atoms with Crippen molar-refractivity contribution in [2.75, 3.05) is 4.72 Å². The number of sulfonamides is 1. The summed E-state index contributed by atoms with van der Waals surface area (Å²) in [4.78, 5) is 17.9. The summed E-state index contributed by atoms with van der Waals surface area (Å²) in [5, 5.41) is 13.4. The number of anilines is 1. The van der Waals surface area contributed by atoms with Crippen LogP contribution < -0.4 is 4.72 Å². The van der Waals surface area contributed by atoms with Gasteiger partial charge in [0.05, 0.1) is 23.5 Å². The summed E-state index contributed by atoms with van der Waals surface area (Å²) < 4.78 is 50.5. The Morgan fingerprint density at radius 3 is 2.40 bits per heavy atom. The number of halogens is 3. The molecule has 4 aromatic rings. The number of nitrogens with one attached hydrogen (secondary N) is 1. The molecule has 3 fully saturated rings. The van der Waals surface area contributed by atoms with Crippen molar-refractivity contribution in [2.45, 2.75) is 67.6 Å². The van der Waals surface area contributed by atoms with Gasteiger partial charge in [-0.15, -0.1) is 10.2 Å². The second-order valence-corrected chi connectivity index (χ2v) is 15.6. The molecule has 2 saturated carbocycles. The van der Waals surface area contributed by atoms with Gasteiger partial charge in [-0.05, 0) is 90.8 Å². The topological polar surface area (TPSA) is 119 Å². The fraction of sp³-hybridized carbons (Fsp3) is 0.394. The number of hydrogen-bond acceptors (Lipinski definition) is 7. The molecule has 4 atom stereocenters. The van der Waals surface area contributed by atoms with Crippen molar-refractivity contribution in [3.8, 4) is 0 Å². The molecular weight excluding hydrogens is 666 g/mol. The lowest BCUT2D eigenvalue weighted by Crippen LogP contribution is -2.57. The van der Waals surface area contributed by atoms with E-state index in [0.717, 1.165) is 24.0 Å². The zero-order valence-corrected chi connectivity index (χ0v) is 27.8. The molecule has 3 aliphatic rings. The highest BCUT2D eigenvalue weighted by atomic mass is 35.5. The van der Waals surface area contributed by atoms with Crippen molar-refractivity contribution in [3.05, 3.63) is 106 Å². The number of amides is 1. The summed E-state index contributed by atoms with van der Waals surface area (Å²) in [7, 11) is -2.38. The van der Waals surface area contributed by atoms with Gasteiger partial charge < -0.3 is 9.64 Å². The van der Waals surface area contributed by atoms with Crippen LogP contribution in [-0.4, -0.2) is 56.3 Å². The van der Waals surface area contributed by atoms with E-state index in [1.165, 1.54) is 23.0 Å². The molecule has 1 aliphatic heterocycles. The first kappa shape index (κ1) is 32.0. The average molecular weight is 700 g/mol. The fourth-order valence-electron chi connectivity index (χ4n) is 6.65. The number of carbonyl (C=O) groups is 1. The maximum absolute atomic E-state index is 14.7. The van der Waals surface area contributed by atoms with Crippen molar-refractivity contribution < 1.29 is 22.3 Å². The van der Waals surface area contributed by atoms with E-state index in [2.05, 4.69) is 20.1 Å². The number of morpholine rings is 1. The van der Waals surface area contributed by atoms with Gasteiger partial charge in [0, 0.05) is 22.5 Å². The van der Waals surface area contributed by atoms with E-state index in [9.17, 15) is 17.6 Å². The van der Waals surface area contributed by atoms with Crippen LogP contribution in [0.1, 0.15) is 61.2 Å². The van der Waals surface area contributed by atoms with Crippen LogP contribution >= 0.6 is 23.2 Å².